The number of nitrogens with zero attached hydrogens (tertiary/aromatic N) is 2. The molecule has 0 saturated heterocycles. The summed E-state index contributed by atoms with van der Waals surface area (Å²) in [7, 11) is 0. The Balaban J connectivity index is 2.15. The van der Waals surface area contributed by atoms with Crippen LogP contribution in [0.4, 0.5) is 0 Å². The van der Waals surface area contributed by atoms with E-state index in [1.807, 2.05) is 24.3 Å². The van der Waals surface area contributed by atoms with Gasteiger partial charge in [0.1, 0.15) is 5.75 Å². The van der Waals surface area contributed by atoms with Crippen molar-refractivity contribution in [2.24, 2.45) is 0 Å². The van der Waals surface area contributed by atoms with Crippen molar-refractivity contribution < 1.29 is 5.11 Å². The highest BCUT2D eigenvalue weighted by molar-refractivity contribution is 5.92. The first-order valence-corrected chi connectivity index (χ1v) is 8.21. The lowest BCUT2D eigenvalue weighted by molar-refractivity contribution is 0.456. The average molecular weight is 292 g/mol. The molecule has 2 aromatic carbocycles. The first-order valence-electron chi connectivity index (χ1n) is 8.21. The number of phenolic OH excluding ortho intramolecular Hbond substituents is 1. The minimum Gasteiger partial charge on any atom is -0.507 e. The van der Waals surface area contributed by atoms with Gasteiger partial charge in [-0.2, -0.15) is 0 Å². The quantitative estimate of drug-likeness (QED) is 0.715. The first kappa shape index (κ1) is 13.5. The fourth-order valence-electron chi connectivity index (χ4n) is 3.63. The van der Waals surface area contributed by atoms with Gasteiger partial charge >= 0.3 is 0 Å². The molecule has 1 N–H and O–H groups in total. The smallest absolute Gasteiger partial charge is 0.124 e. The Labute approximate surface area is 130 Å². The average Bonchev–Trinajstić information content (AvgIpc) is 2.57. The molecule has 0 aliphatic heterocycles. The van der Waals surface area contributed by atoms with E-state index < -0.39 is 0 Å². The Morgan fingerprint density at radius 3 is 2.27 bits per heavy atom. The fourth-order valence-corrected chi connectivity index (χ4v) is 3.63. The van der Waals surface area contributed by atoms with E-state index in [1.165, 1.54) is 12.0 Å². The van der Waals surface area contributed by atoms with Crippen LogP contribution in [0.25, 0.3) is 22.1 Å². The number of aryl methyl sites for hydroxylation is 2. The van der Waals surface area contributed by atoms with Crippen LogP contribution in [-0.2, 0) is 19.3 Å². The summed E-state index contributed by atoms with van der Waals surface area (Å²) < 4.78 is 0. The molecule has 0 spiro atoms. The molecular formula is C19H20N2O. The van der Waals surface area contributed by atoms with Crippen LogP contribution in [0, 0.1) is 0 Å². The summed E-state index contributed by atoms with van der Waals surface area (Å²) in [5.74, 6) is 0.480. The van der Waals surface area contributed by atoms with Crippen LogP contribution < -0.4 is 0 Å². The molecule has 22 heavy (non-hydrogen) atoms. The number of aromatic hydroxyl groups is 1. The molecule has 0 fully saturated rings. The van der Waals surface area contributed by atoms with Crippen LogP contribution in [0.1, 0.15) is 42.9 Å². The zero-order chi connectivity index (χ0) is 15.1. The molecule has 3 heteroatoms. The third-order valence-corrected chi connectivity index (χ3v) is 4.68. The molecule has 3 aromatic rings. The maximum atomic E-state index is 10.8. The number of hydrogen-bond donors (Lipinski definition) is 1. The van der Waals surface area contributed by atoms with Crippen molar-refractivity contribution in [3.05, 3.63) is 41.0 Å². The normalized spacial score (nSPS) is 14.4. The molecule has 3 nitrogen and oxygen atoms in total. The van der Waals surface area contributed by atoms with Crippen molar-refractivity contribution >= 4 is 22.1 Å². The summed E-state index contributed by atoms with van der Waals surface area (Å²) in [5, 5.41) is 10.8. The lowest BCUT2D eigenvalue weighted by Gasteiger charge is -2.21. The SMILES string of the molecule is CCCc1c(O)c2c(c3nc4ccccc4nc13)CCCC2. The molecule has 112 valence electrons. The Kier molecular flexibility index (Phi) is 3.21. The third kappa shape index (κ3) is 1.96. The lowest BCUT2D eigenvalue weighted by atomic mass is 9.87. The molecule has 0 atom stereocenters. The highest BCUT2D eigenvalue weighted by Gasteiger charge is 2.22. The standard InChI is InChI=1S/C19H20N2O/c1-2-7-14-18-17(12-8-3-4-9-13(12)19(14)22)20-15-10-5-6-11-16(15)21-18/h5-6,10-11,22H,2-4,7-9H2,1H3. The molecule has 4 rings (SSSR count). The maximum Gasteiger partial charge on any atom is 0.124 e. The van der Waals surface area contributed by atoms with Crippen molar-refractivity contribution in [1.82, 2.24) is 9.97 Å². The molecule has 1 aliphatic carbocycles. The van der Waals surface area contributed by atoms with E-state index in [1.54, 1.807) is 0 Å². The summed E-state index contributed by atoms with van der Waals surface area (Å²) in [6, 6.07) is 8.00. The molecule has 1 heterocycles. The molecule has 0 bridgehead atoms. The van der Waals surface area contributed by atoms with Crippen LogP contribution in [0.2, 0.25) is 0 Å². The number of phenols is 1. The maximum absolute atomic E-state index is 10.8. The lowest BCUT2D eigenvalue weighted by Crippen LogP contribution is -2.08. The largest absolute Gasteiger partial charge is 0.507 e. The van der Waals surface area contributed by atoms with Crippen molar-refractivity contribution in [2.45, 2.75) is 45.4 Å². The topological polar surface area (TPSA) is 46.0 Å². The van der Waals surface area contributed by atoms with Gasteiger partial charge in [0.2, 0.25) is 0 Å². The minimum atomic E-state index is 0.480. The van der Waals surface area contributed by atoms with Crippen molar-refractivity contribution in [2.75, 3.05) is 0 Å². The van der Waals surface area contributed by atoms with Gasteiger partial charge in [-0.05, 0) is 55.4 Å². The second kappa shape index (κ2) is 5.24. The highest BCUT2D eigenvalue weighted by atomic mass is 16.3. The molecular weight excluding hydrogens is 272 g/mol. The monoisotopic (exact) mass is 292 g/mol. The van der Waals surface area contributed by atoms with E-state index in [4.69, 9.17) is 9.97 Å². The van der Waals surface area contributed by atoms with E-state index in [0.29, 0.717) is 5.75 Å². The van der Waals surface area contributed by atoms with E-state index in [-0.39, 0.29) is 0 Å². The molecule has 0 saturated carbocycles. The van der Waals surface area contributed by atoms with Crippen LogP contribution in [-0.4, -0.2) is 15.1 Å². The summed E-state index contributed by atoms with van der Waals surface area (Å²) >= 11 is 0. The predicted molar refractivity (Wildman–Crippen MR) is 89.3 cm³/mol. The Morgan fingerprint density at radius 1 is 0.955 bits per heavy atom. The van der Waals surface area contributed by atoms with Gasteiger partial charge in [-0.3, -0.25) is 0 Å². The molecule has 0 unspecified atom stereocenters. The van der Waals surface area contributed by atoms with Crippen LogP contribution >= 0.6 is 0 Å². The van der Waals surface area contributed by atoms with Gasteiger partial charge in [-0.25, -0.2) is 9.97 Å². The van der Waals surface area contributed by atoms with Crippen LogP contribution in [0.5, 0.6) is 5.75 Å². The molecule has 0 amide bonds. The predicted octanol–water partition coefficient (Wildman–Crippen LogP) is 4.32. The Morgan fingerprint density at radius 2 is 1.59 bits per heavy atom. The zero-order valence-electron chi connectivity index (χ0n) is 12.9. The van der Waals surface area contributed by atoms with Gasteiger partial charge in [-0.1, -0.05) is 25.5 Å². The van der Waals surface area contributed by atoms with Crippen molar-refractivity contribution in [3.8, 4) is 5.75 Å². The van der Waals surface area contributed by atoms with Gasteiger partial charge in [0.25, 0.3) is 0 Å². The van der Waals surface area contributed by atoms with Gasteiger partial charge in [0.15, 0.2) is 0 Å². The van der Waals surface area contributed by atoms with E-state index >= 15 is 0 Å². The Bertz CT molecular complexity index is 870. The zero-order valence-corrected chi connectivity index (χ0v) is 12.9. The van der Waals surface area contributed by atoms with Crippen molar-refractivity contribution in [3.63, 3.8) is 0 Å². The number of benzene rings is 2. The first-order chi connectivity index (χ1) is 10.8. The van der Waals surface area contributed by atoms with E-state index in [0.717, 1.165) is 65.3 Å². The van der Waals surface area contributed by atoms with Gasteiger partial charge in [0.05, 0.1) is 22.1 Å². The van der Waals surface area contributed by atoms with Gasteiger partial charge in [-0.15, -0.1) is 0 Å². The minimum absolute atomic E-state index is 0.480. The van der Waals surface area contributed by atoms with Gasteiger partial charge in [0, 0.05) is 5.56 Å². The second-order valence-electron chi connectivity index (χ2n) is 6.15. The van der Waals surface area contributed by atoms with Crippen molar-refractivity contribution in [1.29, 1.82) is 0 Å². The summed E-state index contributed by atoms with van der Waals surface area (Å²) in [5.41, 5.74) is 7.08. The number of aromatic nitrogens is 2. The molecule has 0 radical (unpaired) electrons. The second-order valence-corrected chi connectivity index (χ2v) is 6.15. The fraction of sp³-hybridized carbons (Fsp3) is 0.368. The summed E-state index contributed by atoms with van der Waals surface area (Å²) in [6.07, 6.45) is 6.13. The third-order valence-electron chi connectivity index (χ3n) is 4.68. The van der Waals surface area contributed by atoms with Crippen LogP contribution in [0.15, 0.2) is 24.3 Å². The Hall–Kier alpha value is -2.16. The van der Waals surface area contributed by atoms with Gasteiger partial charge < -0.3 is 5.11 Å². The number of fused-ring (bicyclic) bond motifs is 4. The molecule has 1 aromatic heterocycles. The van der Waals surface area contributed by atoms with E-state index in [9.17, 15) is 5.11 Å². The summed E-state index contributed by atoms with van der Waals surface area (Å²) in [6.45, 7) is 2.14. The number of hydrogen-bond acceptors (Lipinski definition) is 3. The van der Waals surface area contributed by atoms with Crippen LogP contribution in [0.3, 0.4) is 0 Å². The summed E-state index contributed by atoms with van der Waals surface area (Å²) in [4.78, 5) is 9.74. The number of para-hydroxylation sites is 2. The number of rotatable bonds is 2. The van der Waals surface area contributed by atoms with E-state index in [2.05, 4.69) is 6.92 Å². The highest BCUT2D eigenvalue weighted by Crippen LogP contribution is 2.39. The molecule has 1 aliphatic rings.